The van der Waals surface area contributed by atoms with Crippen LogP contribution in [0.4, 0.5) is 13.2 Å². The van der Waals surface area contributed by atoms with Crippen LogP contribution in [0, 0.1) is 6.92 Å². The van der Waals surface area contributed by atoms with Crippen molar-refractivity contribution in [2.24, 2.45) is 0 Å². The van der Waals surface area contributed by atoms with Gasteiger partial charge in [-0.3, -0.25) is 9.78 Å². The van der Waals surface area contributed by atoms with Crippen molar-refractivity contribution in [2.75, 3.05) is 13.2 Å². The zero-order valence-corrected chi connectivity index (χ0v) is 19.1. The van der Waals surface area contributed by atoms with E-state index in [1.807, 2.05) is 6.07 Å². The molecule has 182 valence electrons. The van der Waals surface area contributed by atoms with E-state index >= 15 is 0 Å². The number of aryl methyl sites for hydroxylation is 1. The highest BCUT2D eigenvalue weighted by molar-refractivity contribution is 6.06. The summed E-state index contributed by atoms with van der Waals surface area (Å²) >= 11 is 0. The summed E-state index contributed by atoms with van der Waals surface area (Å²) in [6.07, 6.45) is 2.50. The number of hydrogen-bond acceptors (Lipinski definition) is 5. The van der Waals surface area contributed by atoms with Crippen LogP contribution in [0.25, 0.3) is 0 Å². The number of carbonyl (C=O) groups excluding carboxylic acids is 2. The topological polar surface area (TPSA) is 68.7 Å². The van der Waals surface area contributed by atoms with Gasteiger partial charge in [0.25, 0.3) is 5.91 Å². The third kappa shape index (κ3) is 5.45. The molecule has 1 aromatic heterocycles. The van der Waals surface area contributed by atoms with Gasteiger partial charge in [-0.15, -0.1) is 0 Å². The van der Waals surface area contributed by atoms with Gasteiger partial charge < -0.3 is 14.4 Å². The van der Waals surface area contributed by atoms with Gasteiger partial charge in [0.2, 0.25) is 0 Å². The Labute approximate surface area is 200 Å². The average Bonchev–Trinajstić information content (AvgIpc) is 2.99. The fourth-order valence-electron chi connectivity index (χ4n) is 3.94. The molecular weight excluding hydrogens is 461 g/mol. The first-order valence-electron chi connectivity index (χ1n) is 11.0. The minimum absolute atomic E-state index is 0.0248. The number of esters is 1. The van der Waals surface area contributed by atoms with Crippen molar-refractivity contribution < 1.29 is 32.2 Å². The molecule has 0 N–H and O–H groups in total. The molecule has 0 spiro atoms. The Hall–Kier alpha value is -3.88. The Morgan fingerprint density at radius 1 is 1.23 bits per heavy atom. The van der Waals surface area contributed by atoms with Crippen LogP contribution in [0.2, 0.25) is 0 Å². The van der Waals surface area contributed by atoms with E-state index in [0.717, 1.165) is 0 Å². The van der Waals surface area contributed by atoms with E-state index in [2.05, 4.69) is 4.98 Å². The lowest BCUT2D eigenvalue weighted by atomic mass is 10.0. The summed E-state index contributed by atoms with van der Waals surface area (Å²) in [5.74, 6) is -0.382. The second kappa shape index (κ2) is 9.77. The molecule has 1 unspecified atom stereocenters. The van der Waals surface area contributed by atoms with Crippen LogP contribution in [0.15, 0.2) is 77.5 Å². The van der Waals surface area contributed by atoms with E-state index in [0.29, 0.717) is 40.1 Å². The summed E-state index contributed by atoms with van der Waals surface area (Å²) in [6, 6.07) is 9.78. The molecule has 0 saturated carbocycles. The molecule has 1 aliphatic carbocycles. The van der Waals surface area contributed by atoms with Crippen LogP contribution in [0.3, 0.4) is 0 Å². The molecule has 1 amide bonds. The average molecular weight is 484 g/mol. The van der Waals surface area contributed by atoms with Crippen molar-refractivity contribution in [3.05, 3.63) is 88.8 Å². The fourth-order valence-corrected chi connectivity index (χ4v) is 3.94. The predicted octanol–water partition coefficient (Wildman–Crippen LogP) is 5.02. The molecule has 1 aromatic carbocycles. The van der Waals surface area contributed by atoms with Crippen molar-refractivity contribution in [3.63, 3.8) is 0 Å². The summed E-state index contributed by atoms with van der Waals surface area (Å²) in [4.78, 5) is 32.0. The van der Waals surface area contributed by atoms with Crippen molar-refractivity contribution >= 4 is 11.9 Å². The number of pyridine rings is 1. The number of hydrogen-bond donors (Lipinski definition) is 0. The maximum absolute atomic E-state index is 13.3. The Bertz CT molecular complexity index is 1230. The Balaban J connectivity index is 1.52. The molecule has 2 aromatic rings. The third-order valence-electron chi connectivity index (χ3n) is 5.76. The van der Waals surface area contributed by atoms with Crippen LogP contribution in [-0.2, 0) is 9.59 Å². The zero-order chi connectivity index (χ0) is 25.2. The first kappa shape index (κ1) is 24.3. The smallest absolute Gasteiger partial charge is 0.422 e. The molecule has 1 aliphatic heterocycles. The summed E-state index contributed by atoms with van der Waals surface area (Å²) in [5, 5.41) is 0. The lowest BCUT2D eigenvalue weighted by Crippen LogP contribution is -2.31. The minimum Gasteiger partial charge on any atom is -0.482 e. The first-order chi connectivity index (χ1) is 16.6. The minimum atomic E-state index is -4.45. The predicted molar refractivity (Wildman–Crippen MR) is 122 cm³/mol. The molecule has 2 aliphatic rings. The van der Waals surface area contributed by atoms with Gasteiger partial charge in [-0.25, -0.2) is 4.79 Å². The van der Waals surface area contributed by atoms with Gasteiger partial charge in [0.15, 0.2) is 6.61 Å². The summed E-state index contributed by atoms with van der Waals surface area (Å²) < 4.78 is 47.7. The fraction of sp³-hybridized carbons (Fsp3) is 0.269. The zero-order valence-electron chi connectivity index (χ0n) is 19.1. The van der Waals surface area contributed by atoms with Gasteiger partial charge in [-0.05, 0) is 49.6 Å². The lowest BCUT2D eigenvalue weighted by molar-refractivity contribution is -0.153. The standard InChI is InChI=1S/C26H23F3N2O4/c1-16-12-22(30-13-23(16)34-15-26(27,28)29)17(2)31-14-21-19(24(31)32)10-6-7-11-20(21)25(33)35-18-8-4-3-5-9-18/h3-6,8-13,17H,7,14-15H2,1-2H3. The second-order valence-electron chi connectivity index (χ2n) is 8.24. The van der Waals surface area contributed by atoms with Crippen molar-refractivity contribution in [1.29, 1.82) is 0 Å². The number of ether oxygens (including phenoxy) is 2. The largest absolute Gasteiger partial charge is 0.482 e. The van der Waals surface area contributed by atoms with Gasteiger partial charge in [0, 0.05) is 12.1 Å². The SMILES string of the molecule is Cc1cc(C(C)N2CC3=C(C=CCC=C3C(=O)Oc3ccccc3)C2=O)ncc1OCC(F)(F)F. The Kier molecular flexibility index (Phi) is 6.77. The van der Waals surface area contributed by atoms with Crippen LogP contribution in [0.1, 0.15) is 30.6 Å². The highest BCUT2D eigenvalue weighted by Crippen LogP contribution is 2.35. The van der Waals surface area contributed by atoms with Crippen molar-refractivity contribution in [2.45, 2.75) is 32.5 Å². The third-order valence-corrected chi connectivity index (χ3v) is 5.76. The van der Waals surface area contributed by atoms with Crippen LogP contribution in [-0.4, -0.2) is 41.1 Å². The number of benzene rings is 1. The summed E-state index contributed by atoms with van der Waals surface area (Å²) in [7, 11) is 0. The molecule has 1 atom stereocenters. The normalized spacial score (nSPS) is 16.5. The molecule has 35 heavy (non-hydrogen) atoms. The number of rotatable bonds is 6. The highest BCUT2D eigenvalue weighted by atomic mass is 19.4. The van der Waals surface area contributed by atoms with Gasteiger partial charge >= 0.3 is 12.1 Å². The monoisotopic (exact) mass is 484 g/mol. The molecule has 2 heterocycles. The molecule has 0 saturated heterocycles. The van der Waals surface area contributed by atoms with E-state index in [4.69, 9.17) is 9.47 Å². The molecule has 4 rings (SSSR count). The maximum Gasteiger partial charge on any atom is 0.422 e. The van der Waals surface area contributed by atoms with Crippen LogP contribution >= 0.6 is 0 Å². The molecule has 0 radical (unpaired) electrons. The Morgan fingerprint density at radius 2 is 1.97 bits per heavy atom. The van der Waals surface area contributed by atoms with Gasteiger partial charge in [-0.1, -0.05) is 36.4 Å². The van der Waals surface area contributed by atoms with E-state index < -0.39 is 24.8 Å². The number of carbonyl (C=O) groups is 2. The maximum atomic E-state index is 13.3. The number of alkyl halides is 3. The van der Waals surface area contributed by atoms with Crippen molar-refractivity contribution in [1.82, 2.24) is 9.88 Å². The number of amides is 1. The van der Waals surface area contributed by atoms with Gasteiger partial charge in [-0.2, -0.15) is 13.2 Å². The molecule has 0 fully saturated rings. The van der Waals surface area contributed by atoms with Crippen LogP contribution < -0.4 is 9.47 Å². The first-order valence-corrected chi connectivity index (χ1v) is 11.0. The molecular formula is C26H23F3N2O4. The summed E-state index contributed by atoms with van der Waals surface area (Å²) in [6.45, 7) is 2.15. The number of allylic oxidation sites excluding steroid dienone is 2. The van der Waals surface area contributed by atoms with E-state index in [1.54, 1.807) is 67.3 Å². The number of aromatic nitrogens is 1. The molecule has 6 nitrogen and oxygen atoms in total. The van der Waals surface area contributed by atoms with E-state index in [1.165, 1.54) is 6.20 Å². The molecule has 9 heteroatoms. The van der Waals surface area contributed by atoms with Crippen LogP contribution in [0.5, 0.6) is 11.5 Å². The van der Waals surface area contributed by atoms with E-state index in [-0.39, 0.29) is 18.2 Å². The number of para-hydroxylation sites is 1. The number of halogens is 3. The van der Waals surface area contributed by atoms with Crippen molar-refractivity contribution in [3.8, 4) is 11.5 Å². The van der Waals surface area contributed by atoms with Gasteiger partial charge in [0.05, 0.1) is 23.5 Å². The quantitative estimate of drug-likeness (QED) is 0.425. The number of nitrogens with zero attached hydrogens (tertiary/aromatic N) is 2. The molecule has 0 bridgehead atoms. The lowest BCUT2D eigenvalue weighted by Gasteiger charge is -2.25. The highest BCUT2D eigenvalue weighted by Gasteiger charge is 2.37. The Morgan fingerprint density at radius 3 is 2.66 bits per heavy atom. The summed E-state index contributed by atoms with van der Waals surface area (Å²) in [5.41, 5.74) is 2.27. The second-order valence-corrected chi connectivity index (χ2v) is 8.24. The van der Waals surface area contributed by atoms with Gasteiger partial charge in [0.1, 0.15) is 11.5 Å². The van der Waals surface area contributed by atoms with E-state index in [9.17, 15) is 22.8 Å².